The van der Waals surface area contributed by atoms with E-state index in [-0.39, 0.29) is 16.3 Å². The lowest BCUT2D eigenvalue weighted by atomic mass is 10.0. The number of aromatic nitrogens is 3. The monoisotopic (exact) mass is 529 g/mol. The van der Waals surface area contributed by atoms with Gasteiger partial charge >= 0.3 is 0 Å². The smallest absolute Gasteiger partial charge is 0.274 e. The zero-order valence-electron chi connectivity index (χ0n) is 20.6. The molecule has 2 heterocycles. The van der Waals surface area contributed by atoms with Crippen molar-refractivity contribution in [1.82, 2.24) is 14.8 Å². The Morgan fingerprint density at radius 1 is 1.05 bits per heavy atom. The van der Waals surface area contributed by atoms with Gasteiger partial charge in [0.05, 0.1) is 22.0 Å². The molecule has 38 heavy (non-hydrogen) atoms. The van der Waals surface area contributed by atoms with Crippen LogP contribution in [-0.2, 0) is 16.3 Å². The normalized spacial score (nSPS) is 11.6. The summed E-state index contributed by atoms with van der Waals surface area (Å²) in [6.07, 6.45) is 3.32. The minimum Gasteiger partial charge on any atom is -0.383 e. The fourth-order valence-corrected chi connectivity index (χ4v) is 5.18. The fraction of sp³-hybridized carbons (Fsp3) is 0.107. The van der Waals surface area contributed by atoms with Crippen LogP contribution >= 0.6 is 0 Å². The van der Waals surface area contributed by atoms with E-state index >= 15 is 4.39 Å². The lowest BCUT2D eigenvalue weighted by Crippen LogP contribution is -2.17. The number of nitrogens with two attached hydrogens (primary N) is 1. The summed E-state index contributed by atoms with van der Waals surface area (Å²) >= 11 is 0. The molecule has 8 nitrogen and oxygen atoms in total. The quantitative estimate of drug-likeness (QED) is 0.318. The van der Waals surface area contributed by atoms with E-state index in [1.165, 1.54) is 22.9 Å². The van der Waals surface area contributed by atoms with Crippen LogP contribution in [0.5, 0.6) is 0 Å². The first-order chi connectivity index (χ1) is 18.2. The van der Waals surface area contributed by atoms with Crippen LogP contribution in [0.25, 0.3) is 27.6 Å². The summed E-state index contributed by atoms with van der Waals surface area (Å²) in [5.74, 6) is -0.900. The number of halogens is 1. The molecule has 5 aromatic rings. The van der Waals surface area contributed by atoms with Crippen molar-refractivity contribution in [3.63, 3.8) is 0 Å². The molecule has 0 aliphatic heterocycles. The Labute approximate surface area is 218 Å². The van der Waals surface area contributed by atoms with Crippen LogP contribution in [0.3, 0.4) is 0 Å². The van der Waals surface area contributed by atoms with Crippen LogP contribution in [0.4, 0.5) is 15.9 Å². The number of nitrogens with zero attached hydrogens (tertiary/aromatic N) is 3. The van der Waals surface area contributed by atoms with Crippen LogP contribution in [0, 0.1) is 5.82 Å². The average molecular weight is 530 g/mol. The molecule has 10 heteroatoms. The molecule has 0 aliphatic rings. The number of carbonyl (C=O) groups excluding carboxylic acids is 1. The van der Waals surface area contributed by atoms with Crippen molar-refractivity contribution in [2.45, 2.75) is 18.2 Å². The van der Waals surface area contributed by atoms with Crippen molar-refractivity contribution >= 4 is 38.0 Å². The average Bonchev–Trinajstić information content (AvgIpc) is 3.34. The topological polar surface area (TPSA) is 120 Å². The van der Waals surface area contributed by atoms with Crippen molar-refractivity contribution < 1.29 is 17.6 Å². The van der Waals surface area contributed by atoms with E-state index < -0.39 is 21.6 Å². The summed E-state index contributed by atoms with van der Waals surface area (Å²) in [6.45, 7) is 1.92. The highest BCUT2D eigenvalue weighted by Gasteiger charge is 2.20. The molecule has 2 aromatic heterocycles. The van der Waals surface area contributed by atoms with Gasteiger partial charge in [-0.2, -0.15) is 5.10 Å². The number of amides is 1. The number of nitrogens with one attached hydrogen (secondary N) is 1. The maximum absolute atomic E-state index is 15.1. The molecule has 3 aromatic carbocycles. The third-order valence-electron chi connectivity index (χ3n) is 6.19. The van der Waals surface area contributed by atoms with Gasteiger partial charge < -0.3 is 11.1 Å². The van der Waals surface area contributed by atoms with Gasteiger partial charge in [-0.25, -0.2) is 22.5 Å². The number of rotatable bonds is 6. The maximum Gasteiger partial charge on any atom is 0.274 e. The van der Waals surface area contributed by atoms with Crippen LogP contribution in [0.1, 0.15) is 23.1 Å². The van der Waals surface area contributed by atoms with Gasteiger partial charge in [0.25, 0.3) is 5.91 Å². The summed E-state index contributed by atoms with van der Waals surface area (Å²) in [4.78, 5) is 17.5. The van der Waals surface area contributed by atoms with Crippen molar-refractivity contribution in [3.8, 4) is 16.8 Å². The second kappa shape index (κ2) is 9.71. The molecule has 0 saturated carbocycles. The first-order valence-corrected chi connectivity index (χ1v) is 13.7. The van der Waals surface area contributed by atoms with Crippen LogP contribution < -0.4 is 11.1 Å². The van der Waals surface area contributed by atoms with Crippen molar-refractivity contribution in [2.24, 2.45) is 0 Å². The van der Waals surface area contributed by atoms with Crippen LogP contribution in [0.15, 0.2) is 83.9 Å². The molecule has 0 radical (unpaired) electrons. The number of carbonyl (C=O) groups is 1. The number of aryl methyl sites for hydroxylation is 1. The molecule has 0 saturated heterocycles. The Hall–Kier alpha value is -4.57. The third-order valence-corrected chi connectivity index (χ3v) is 7.35. The number of benzene rings is 3. The Morgan fingerprint density at radius 3 is 2.58 bits per heavy atom. The number of fused-ring (bicyclic) bond motifs is 1. The second-order valence-electron chi connectivity index (χ2n) is 8.80. The lowest BCUT2D eigenvalue weighted by molar-refractivity contribution is 0.101. The molecule has 0 spiro atoms. The summed E-state index contributed by atoms with van der Waals surface area (Å²) in [5, 5.41) is 8.79. The van der Waals surface area contributed by atoms with E-state index in [2.05, 4.69) is 15.4 Å². The van der Waals surface area contributed by atoms with Crippen molar-refractivity contribution in [1.29, 1.82) is 0 Å². The van der Waals surface area contributed by atoms with Gasteiger partial charge in [0.1, 0.15) is 17.3 Å². The molecule has 0 aliphatic carbocycles. The van der Waals surface area contributed by atoms with Gasteiger partial charge in [0, 0.05) is 23.4 Å². The SMILES string of the molecule is CCc1cc(C(=O)Nc2ccc(-c3ccccc3S(C)(=O)=O)cc2F)n(-c2ccc3ccnc(N)c3c2)n1. The van der Waals surface area contributed by atoms with Crippen LogP contribution in [0.2, 0.25) is 0 Å². The Bertz CT molecular complexity index is 1820. The number of hydrogen-bond donors (Lipinski definition) is 2. The zero-order chi connectivity index (χ0) is 27.0. The lowest BCUT2D eigenvalue weighted by Gasteiger charge is -2.12. The minimum absolute atomic E-state index is 0.0478. The standard InChI is InChI=1S/C28H24FN5O3S/c1-3-19-15-25(34(33-19)20-10-8-17-12-13-31-27(30)22(17)16-20)28(35)32-24-11-9-18(14-23(24)29)21-6-4-5-7-26(21)38(2,36)37/h4-16H,3H2,1-2H3,(H2,30,31)(H,32,35). The third kappa shape index (κ3) is 4.73. The number of hydrogen-bond acceptors (Lipinski definition) is 6. The van der Waals surface area contributed by atoms with E-state index in [0.29, 0.717) is 34.7 Å². The molecule has 0 unspecified atom stereocenters. The molecule has 0 fully saturated rings. The Balaban J connectivity index is 1.49. The highest BCUT2D eigenvalue weighted by atomic mass is 32.2. The van der Waals surface area contributed by atoms with Gasteiger partial charge in [0.15, 0.2) is 9.84 Å². The summed E-state index contributed by atoms with van der Waals surface area (Å²) in [5.41, 5.74) is 8.26. The maximum atomic E-state index is 15.1. The van der Waals surface area contributed by atoms with Crippen molar-refractivity contribution in [2.75, 3.05) is 17.3 Å². The molecule has 3 N–H and O–H groups in total. The first kappa shape index (κ1) is 25.1. The molecule has 5 rings (SSSR count). The van der Waals surface area contributed by atoms with Gasteiger partial charge in [-0.3, -0.25) is 4.79 Å². The Kier molecular flexibility index (Phi) is 6.41. The molecule has 0 atom stereocenters. The van der Waals surface area contributed by atoms with E-state index in [4.69, 9.17) is 5.73 Å². The second-order valence-corrected chi connectivity index (χ2v) is 10.8. The van der Waals surface area contributed by atoms with Gasteiger partial charge in [-0.15, -0.1) is 0 Å². The summed E-state index contributed by atoms with van der Waals surface area (Å²) in [6, 6.07) is 19.5. The van der Waals surface area contributed by atoms with Crippen LogP contribution in [-0.4, -0.2) is 35.3 Å². The zero-order valence-corrected chi connectivity index (χ0v) is 21.5. The van der Waals surface area contributed by atoms with E-state index in [0.717, 1.165) is 17.0 Å². The number of pyridine rings is 1. The highest BCUT2D eigenvalue weighted by Crippen LogP contribution is 2.30. The molecular weight excluding hydrogens is 505 g/mol. The predicted octanol–water partition coefficient (Wildman–Crippen LogP) is 5.03. The number of anilines is 2. The summed E-state index contributed by atoms with van der Waals surface area (Å²) in [7, 11) is -3.52. The Morgan fingerprint density at radius 2 is 1.84 bits per heavy atom. The minimum atomic E-state index is -3.52. The molecule has 0 bridgehead atoms. The summed E-state index contributed by atoms with van der Waals surface area (Å²) < 4.78 is 41.0. The molecular formula is C28H24FN5O3S. The molecule has 1 amide bonds. The molecule has 192 valence electrons. The number of sulfone groups is 1. The van der Waals surface area contributed by atoms with Gasteiger partial charge in [0.2, 0.25) is 0 Å². The largest absolute Gasteiger partial charge is 0.383 e. The predicted molar refractivity (Wildman–Crippen MR) is 146 cm³/mol. The highest BCUT2D eigenvalue weighted by molar-refractivity contribution is 7.90. The fourth-order valence-electron chi connectivity index (χ4n) is 4.27. The van der Waals surface area contributed by atoms with Crippen molar-refractivity contribution in [3.05, 3.63) is 96.2 Å². The van der Waals surface area contributed by atoms with E-state index in [1.54, 1.807) is 42.6 Å². The van der Waals surface area contributed by atoms with E-state index in [9.17, 15) is 13.2 Å². The first-order valence-electron chi connectivity index (χ1n) is 11.8. The number of nitrogen functional groups attached to an aromatic ring is 1. The van der Waals surface area contributed by atoms with E-state index in [1.807, 2.05) is 25.1 Å². The van der Waals surface area contributed by atoms with Gasteiger partial charge in [-0.05, 0) is 59.8 Å². The van der Waals surface area contributed by atoms with Gasteiger partial charge in [-0.1, -0.05) is 37.3 Å².